The lowest BCUT2D eigenvalue weighted by Crippen LogP contribution is -2.52. The monoisotopic (exact) mass is 254 g/mol. The molecular weight excluding hydrogens is 224 g/mol. The third-order valence-corrected chi connectivity index (χ3v) is 3.40. The lowest BCUT2D eigenvalue weighted by Gasteiger charge is -2.38. The lowest BCUT2D eigenvalue weighted by atomic mass is 9.92. The molecule has 0 aromatic heterocycles. The number of hydrogen-bond acceptors (Lipinski definition) is 2. The van der Waals surface area contributed by atoms with E-state index in [4.69, 9.17) is 0 Å². The number of hydrogen-bond donors (Lipinski definition) is 1. The van der Waals surface area contributed by atoms with Crippen molar-refractivity contribution in [3.8, 4) is 0 Å². The van der Waals surface area contributed by atoms with Crippen molar-refractivity contribution in [2.45, 2.75) is 59.9 Å². The van der Waals surface area contributed by atoms with Gasteiger partial charge in [0.1, 0.15) is 0 Å². The number of carbonyl (C=O) groups excluding carboxylic acids is 1. The molecule has 106 valence electrons. The van der Waals surface area contributed by atoms with Crippen LogP contribution in [0.15, 0.2) is 0 Å². The maximum Gasteiger partial charge on any atom is 0.222 e. The average Bonchev–Trinajstić information content (AvgIpc) is 2.25. The van der Waals surface area contributed by atoms with Crippen molar-refractivity contribution in [3.63, 3.8) is 0 Å². The molecule has 18 heavy (non-hydrogen) atoms. The highest BCUT2D eigenvalue weighted by Gasteiger charge is 2.27. The van der Waals surface area contributed by atoms with Crippen LogP contribution in [0.3, 0.4) is 0 Å². The van der Waals surface area contributed by atoms with Crippen molar-refractivity contribution in [2.24, 2.45) is 11.3 Å². The summed E-state index contributed by atoms with van der Waals surface area (Å²) >= 11 is 0. The molecule has 1 amide bonds. The normalized spacial score (nSPS) is 25.3. The summed E-state index contributed by atoms with van der Waals surface area (Å²) in [4.78, 5) is 14.0. The van der Waals surface area contributed by atoms with Crippen molar-refractivity contribution in [2.75, 3.05) is 19.6 Å². The van der Waals surface area contributed by atoms with Crippen LogP contribution in [0.5, 0.6) is 0 Å². The largest absolute Gasteiger partial charge is 0.341 e. The van der Waals surface area contributed by atoms with Gasteiger partial charge in [0.05, 0.1) is 0 Å². The lowest BCUT2D eigenvalue weighted by molar-refractivity contribution is -0.133. The van der Waals surface area contributed by atoms with Crippen molar-refractivity contribution in [1.29, 1.82) is 0 Å². The summed E-state index contributed by atoms with van der Waals surface area (Å²) in [5.74, 6) is 0.934. The molecule has 0 aliphatic carbocycles. The third-order valence-electron chi connectivity index (χ3n) is 3.40. The van der Waals surface area contributed by atoms with Gasteiger partial charge in [-0.15, -0.1) is 0 Å². The Bertz CT molecular complexity index is 270. The van der Waals surface area contributed by atoms with Gasteiger partial charge in [-0.3, -0.25) is 4.79 Å². The SMILES string of the molecule is CCCC(=O)N1CC(C)CC(NCC(C)(C)C)C1. The number of carbonyl (C=O) groups is 1. The predicted octanol–water partition coefficient (Wildman–Crippen LogP) is 2.66. The van der Waals surface area contributed by atoms with E-state index in [9.17, 15) is 4.79 Å². The Morgan fingerprint density at radius 2 is 2.00 bits per heavy atom. The fraction of sp³-hybridized carbons (Fsp3) is 0.933. The predicted molar refractivity (Wildman–Crippen MR) is 76.5 cm³/mol. The van der Waals surface area contributed by atoms with E-state index in [1.165, 1.54) is 6.42 Å². The van der Waals surface area contributed by atoms with Crippen molar-refractivity contribution < 1.29 is 4.79 Å². The Kier molecular flexibility index (Phi) is 5.64. The highest BCUT2D eigenvalue weighted by Crippen LogP contribution is 2.19. The van der Waals surface area contributed by atoms with Crippen LogP contribution in [-0.2, 0) is 4.79 Å². The summed E-state index contributed by atoms with van der Waals surface area (Å²) in [5, 5.41) is 3.63. The summed E-state index contributed by atoms with van der Waals surface area (Å²) < 4.78 is 0. The molecule has 0 spiro atoms. The molecule has 0 aromatic carbocycles. The second-order valence-corrected chi connectivity index (χ2v) is 7.03. The molecular formula is C15H30N2O. The fourth-order valence-electron chi connectivity index (χ4n) is 2.53. The molecule has 1 aliphatic heterocycles. The van der Waals surface area contributed by atoms with Gasteiger partial charge in [-0.05, 0) is 24.2 Å². The number of rotatable bonds is 4. The van der Waals surface area contributed by atoms with Crippen LogP contribution in [0.25, 0.3) is 0 Å². The molecule has 3 nitrogen and oxygen atoms in total. The van der Waals surface area contributed by atoms with Gasteiger partial charge >= 0.3 is 0 Å². The van der Waals surface area contributed by atoms with E-state index in [0.29, 0.717) is 29.7 Å². The molecule has 1 fully saturated rings. The van der Waals surface area contributed by atoms with Gasteiger partial charge in [-0.2, -0.15) is 0 Å². The number of nitrogens with zero attached hydrogens (tertiary/aromatic N) is 1. The first-order valence-corrected chi connectivity index (χ1v) is 7.33. The summed E-state index contributed by atoms with van der Waals surface area (Å²) in [6.45, 7) is 13.9. The Hall–Kier alpha value is -0.570. The highest BCUT2D eigenvalue weighted by molar-refractivity contribution is 5.76. The summed E-state index contributed by atoms with van der Waals surface area (Å²) in [5.41, 5.74) is 0.305. The third kappa shape index (κ3) is 5.38. The molecule has 1 heterocycles. The van der Waals surface area contributed by atoms with E-state index < -0.39 is 0 Å². The molecule has 2 unspecified atom stereocenters. The van der Waals surface area contributed by atoms with Crippen LogP contribution in [0.1, 0.15) is 53.9 Å². The summed E-state index contributed by atoms with van der Waals surface area (Å²) in [6.07, 6.45) is 2.83. The minimum Gasteiger partial charge on any atom is -0.341 e. The summed E-state index contributed by atoms with van der Waals surface area (Å²) in [7, 11) is 0. The van der Waals surface area contributed by atoms with E-state index in [1.807, 2.05) is 0 Å². The zero-order chi connectivity index (χ0) is 13.8. The van der Waals surface area contributed by atoms with E-state index in [1.54, 1.807) is 0 Å². The maximum absolute atomic E-state index is 12.0. The van der Waals surface area contributed by atoms with Gasteiger partial charge in [0, 0.05) is 32.1 Å². The first-order valence-electron chi connectivity index (χ1n) is 7.33. The molecule has 3 heteroatoms. The first-order chi connectivity index (χ1) is 8.31. The van der Waals surface area contributed by atoms with E-state index in [2.05, 4.69) is 44.8 Å². The highest BCUT2D eigenvalue weighted by atomic mass is 16.2. The minimum atomic E-state index is 0.305. The average molecular weight is 254 g/mol. The van der Waals surface area contributed by atoms with Gasteiger partial charge in [-0.25, -0.2) is 0 Å². The number of likely N-dealkylation sites (tertiary alicyclic amines) is 1. The zero-order valence-corrected chi connectivity index (χ0v) is 12.8. The molecule has 1 aliphatic rings. The second-order valence-electron chi connectivity index (χ2n) is 7.03. The van der Waals surface area contributed by atoms with Crippen molar-refractivity contribution >= 4 is 5.91 Å². The number of amides is 1. The molecule has 0 bridgehead atoms. The van der Waals surface area contributed by atoms with E-state index in [-0.39, 0.29) is 0 Å². The van der Waals surface area contributed by atoms with Gasteiger partial charge in [0.25, 0.3) is 0 Å². The molecule has 1 rings (SSSR count). The first kappa shape index (κ1) is 15.5. The van der Waals surface area contributed by atoms with Crippen molar-refractivity contribution in [3.05, 3.63) is 0 Å². The second kappa shape index (κ2) is 6.55. The van der Waals surface area contributed by atoms with E-state index >= 15 is 0 Å². The van der Waals surface area contributed by atoms with Crippen LogP contribution in [-0.4, -0.2) is 36.5 Å². The van der Waals surface area contributed by atoms with Crippen LogP contribution in [0.4, 0.5) is 0 Å². The topological polar surface area (TPSA) is 32.3 Å². The zero-order valence-electron chi connectivity index (χ0n) is 12.8. The van der Waals surface area contributed by atoms with Crippen LogP contribution >= 0.6 is 0 Å². The van der Waals surface area contributed by atoms with Crippen LogP contribution in [0.2, 0.25) is 0 Å². The minimum absolute atomic E-state index is 0.305. The molecule has 1 saturated heterocycles. The van der Waals surface area contributed by atoms with E-state index in [0.717, 1.165) is 26.1 Å². The van der Waals surface area contributed by atoms with Gasteiger partial charge in [0.2, 0.25) is 5.91 Å². The van der Waals surface area contributed by atoms with Crippen LogP contribution < -0.4 is 5.32 Å². The van der Waals surface area contributed by atoms with Crippen LogP contribution in [0, 0.1) is 11.3 Å². The number of piperidine rings is 1. The Morgan fingerprint density at radius 3 is 2.56 bits per heavy atom. The molecule has 0 aromatic rings. The maximum atomic E-state index is 12.0. The molecule has 1 N–H and O–H groups in total. The number of nitrogens with one attached hydrogen (secondary N) is 1. The molecule has 2 atom stereocenters. The van der Waals surface area contributed by atoms with Gasteiger partial charge < -0.3 is 10.2 Å². The molecule has 0 radical (unpaired) electrons. The Balaban J connectivity index is 2.47. The molecule has 0 saturated carbocycles. The van der Waals surface area contributed by atoms with Crippen molar-refractivity contribution in [1.82, 2.24) is 10.2 Å². The smallest absolute Gasteiger partial charge is 0.222 e. The standard InChI is InChI=1S/C15H30N2O/c1-6-7-14(18)17-9-12(2)8-13(10-17)16-11-15(3,4)5/h12-13,16H,6-11H2,1-5H3. The Morgan fingerprint density at radius 1 is 1.33 bits per heavy atom. The van der Waals surface area contributed by atoms with Gasteiger partial charge in [-0.1, -0.05) is 34.6 Å². The quantitative estimate of drug-likeness (QED) is 0.836. The summed E-state index contributed by atoms with van der Waals surface area (Å²) in [6, 6.07) is 0.466. The van der Waals surface area contributed by atoms with Gasteiger partial charge in [0.15, 0.2) is 0 Å². The fourth-order valence-corrected chi connectivity index (χ4v) is 2.53. The Labute approximate surface area is 112 Å².